The molecule has 0 saturated heterocycles. The predicted octanol–water partition coefficient (Wildman–Crippen LogP) is 4.24. The molecule has 0 aliphatic carbocycles. The van der Waals surface area contributed by atoms with Crippen LogP contribution in [0.1, 0.15) is 63.6 Å². The van der Waals surface area contributed by atoms with Gasteiger partial charge in [0, 0.05) is 18.5 Å². The maximum atomic E-state index is 5.59. The lowest BCUT2D eigenvalue weighted by Gasteiger charge is -2.24. The Hall–Kier alpha value is -1.02. The molecule has 0 aromatic heterocycles. The molecule has 0 saturated carbocycles. The minimum atomic E-state index is 0.474. The summed E-state index contributed by atoms with van der Waals surface area (Å²) in [5.41, 5.74) is 2.79. The predicted molar refractivity (Wildman–Crippen MR) is 80.8 cm³/mol. The van der Waals surface area contributed by atoms with Gasteiger partial charge in [0.2, 0.25) is 0 Å². The fraction of sp³-hybridized carbons (Fsp3) is 0.647. The third-order valence-electron chi connectivity index (χ3n) is 4.09. The number of benzene rings is 1. The van der Waals surface area contributed by atoms with Gasteiger partial charge in [-0.2, -0.15) is 0 Å². The topological polar surface area (TPSA) is 21.3 Å². The molecule has 1 aliphatic rings. The molecule has 1 aromatic carbocycles. The third-order valence-corrected chi connectivity index (χ3v) is 4.09. The SMILES string of the molecule is CCCC(CC)NC(CC)c1ccc2c(c1)CCO2. The first-order valence-corrected chi connectivity index (χ1v) is 7.80. The molecule has 2 nitrogen and oxygen atoms in total. The van der Waals surface area contributed by atoms with Crippen molar-refractivity contribution in [3.05, 3.63) is 29.3 Å². The number of hydrogen-bond donors (Lipinski definition) is 1. The van der Waals surface area contributed by atoms with Crippen LogP contribution >= 0.6 is 0 Å². The van der Waals surface area contributed by atoms with E-state index in [0.717, 1.165) is 25.2 Å². The fourth-order valence-electron chi connectivity index (χ4n) is 2.91. The summed E-state index contributed by atoms with van der Waals surface area (Å²) in [7, 11) is 0. The van der Waals surface area contributed by atoms with Crippen LogP contribution in [-0.2, 0) is 6.42 Å². The van der Waals surface area contributed by atoms with Crippen molar-refractivity contribution < 1.29 is 4.74 Å². The molecule has 0 bridgehead atoms. The second-order valence-corrected chi connectivity index (χ2v) is 5.49. The van der Waals surface area contributed by atoms with Gasteiger partial charge in [0.1, 0.15) is 5.75 Å². The zero-order valence-electron chi connectivity index (χ0n) is 12.5. The molecule has 1 N–H and O–H groups in total. The van der Waals surface area contributed by atoms with Crippen LogP contribution in [0.4, 0.5) is 0 Å². The molecule has 19 heavy (non-hydrogen) atoms. The van der Waals surface area contributed by atoms with Gasteiger partial charge in [-0.3, -0.25) is 0 Å². The van der Waals surface area contributed by atoms with Crippen LogP contribution in [0.3, 0.4) is 0 Å². The van der Waals surface area contributed by atoms with E-state index in [0.29, 0.717) is 12.1 Å². The molecule has 2 atom stereocenters. The molecule has 2 unspecified atom stereocenters. The van der Waals surface area contributed by atoms with E-state index in [9.17, 15) is 0 Å². The van der Waals surface area contributed by atoms with E-state index < -0.39 is 0 Å². The van der Waals surface area contributed by atoms with E-state index in [-0.39, 0.29) is 0 Å². The largest absolute Gasteiger partial charge is 0.493 e. The van der Waals surface area contributed by atoms with Crippen LogP contribution in [0.25, 0.3) is 0 Å². The van der Waals surface area contributed by atoms with Crippen molar-refractivity contribution in [1.29, 1.82) is 0 Å². The molecule has 2 heteroatoms. The van der Waals surface area contributed by atoms with E-state index >= 15 is 0 Å². The first-order chi connectivity index (χ1) is 9.28. The maximum absolute atomic E-state index is 5.59. The number of rotatable bonds is 7. The molecule has 0 fully saturated rings. The van der Waals surface area contributed by atoms with Gasteiger partial charge in [-0.15, -0.1) is 0 Å². The molecule has 1 heterocycles. The number of nitrogens with one attached hydrogen (secondary N) is 1. The monoisotopic (exact) mass is 261 g/mol. The first-order valence-electron chi connectivity index (χ1n) is 7.80. The highest BCUT2D eigenvalue weighted by molar-refractivity contribution is 5.40. The Morgan fingerprint density at radius 3 is 2.74 bits per heavy atom. The van der Waals surface area contributed by atoms with E-state index in [1.165, 1.54) is 30.4 Å². The molecule has 0 amide bonds. The highest BCUT2D eigenvalue weighted by Crippen LogP contribution is 2.29. The van der Waals surface area contributed by atoms with Crippen molar-refractivity contribution in [2.45, 2.75) is 65.0 Å². The van der Waals surface area contributed by atoms with Gasteiger partial charge in [0.15, 0.2) is 0 Å². The van der Waals surface area contributed by atoms with E-state index in [4.69, 9.17) is 4.74 Å². The van der Waals surface area contributed by atoms with Crippen molar-refractivity contribution in [1.82, 2.24) is 5.32 Å². The van der Waals surface area contributed by atoms with Gasteiger partial charge in [-0.1, -0.05) is 39.3 Å². The molecule has 106 valence electrons. The number of hydrogen-bond acceptors (Lipinski definition) is 2. The lowest BCUT2D eigenvalue weighted by atomic mass is 9.98. The van der Waals surface area contributed by atoms with Crippen LogP contribution in [-0.4, -0.2) is 12.6 Å². The van der Waals surface area contributed by atoms with Gasteiger partial charge in [0.05, 0.1) is 6.61 Å². The van der Waals surface area contributed by atoms with Gasteiger partial charge >= 0.3 is 0 Å². The van der Waals surface area contributed by atoms with Crippen molar-refractivity contribution in [3.63, 3.8) is 0 Å². The van der Waals surface area contributed by atoms with Crippen LogP contribution in [0.2, 0.25) is 0 Å². The molecular formula is C17H27NO. The van der Waals surface area contributed by atoms with Gasteiger partial charge in [-0.05, 0) is 36.5 Å². The van der Waals surface area contributed by atoms with Crippen molar-refractivity contribution in [2.24, 2.45) is 0 Å². The van der Waals surface area contributed by atoms with Crippen LogP contribution in [0, 0.1) is 0 Å². The Bertz CT molecular complexity index is 402. The zero-order chi connectivity index (χ0) is 13.7. The average Bonchev–Trinajstić information content (AvgIpc) is 2.90. The summed E-state index contributed by atoms with van der Waals surface area (Å²) in [4.78, 5) is 0. The summed E-state index contributed by atoms with van der Waals surface area (Å²) in [5.74, 6) is 1.08. The molecule has 2 rings (SSSR count). The van der Waals surface area contributed by atoms with Crippen LogP contribution in [0.15, 0.2) is 18.2 Å². The highest BCUT2D eigenvalue weighted by atomic mass is 16.5. The molecule has 1 aromatic rings. The van der Waals surface area contributed by atoms with Crippen molar-refractivity contribution in [2.75, 3.05) is 6.61 Å². The smallest absolute Gasteiger partial charge is 0.122 e. The Morgan fingerprint density at radius 2 is 2.05 bits per heavy atom. The van der Waals surface area contributed by atoms with Crippen LogP contribution < -0.4 is 10.1 Å². The molecule has 0 spiro atoms. The highest BCUT2D eigenvalue weighted by Gasteiger charge is 2.17. The number of ether oxygens (including phenoxy) is 1. The van der Waals surface area contributed by atoms with E-state index in [1.54, 1.807) is 0 Å². The minimum Gasteiger partial charge on any atom is -0.493 e. The maximum Gasteiger partial charge on any atom is 0.122 e. The molecular weight excluding hydrogens is 234 g/mol. The van der Waals surface area contributed by atoms with Gasteiger partial charge < -0.3 is 10.1 Å². The molecule has 0 radical (unpaired) electrons. The van der Waals surface area contributed by atoms with Crippen LogP contribution in [0.5, 0.6) is 5.75 Å². The van der Waals surface area contributed by atoms with Gasteiger partial charge in [-0.25, -0.2) is 0 Å². The minimum absolute atomic E-state index is 0.474. The second kappa shape index (κ2) is 6.95. The molecule has 1 aliphatic heterocycles. The lowest BCUT2D eigenvalue weighted by molar-refractivity contribution is 0.356. The van der Waals surface area contributed by atoms with E-state index in [1.807, 2.05) is 0 Å². The summed E-state index contributed by atoms with van der Waals surface area (Å²) in [6, 6.07) is 7.82. The van der Waals surface area contributed by atoms with Crippen molar-refractivity contribution in [3.8, 4) is 5.75 Å². The standard InChI is InChI=1S/C17H27NO/c1-4-7-15(5-2)18-16(6-3)13-8-9-17-14(12-13)10-11-19-17/h8-9,12,15-16,18H,4-7,10-11H2,1-3H3. The zero-order valence-corrected chi connectivity index (χ0v) is 12.5. The second-order valence-electron chi connectivity index (χ2n) is 5.49. The Morgan fingerprint density at radius 1 is 1.21 bits per heavy atom. The average molecular weight is 261 g/mol. The Labute approximate surface area is 117 Å². The van der Waals surface area contributed by atoms with Crippen molar-refractivity contribution >= 4 is 0 Å². The third kappa shape index (κ3) is 3.50. The summed E-state index contributed by atoms with van der Waals surface area (Å²) in [5, 5.41) is 3.82. The van der Waals surface area contributed by atoms with E-state index in [2.05, 4.69) is 44.3 Å². The Balaban J connectivity index is 2.08. The summed E-state index contributed by atoms with van der Waals surface area (Å²) < 4.78 is 5.59. The van der Waals surface area contributed by atoms with Gasteiger partial charge in [0.25, 0.3) is 0 Å². The Kier molecular flexibility index (Phi) is 5.26. The summed E-state index contributed by atoms with van der Waals surface area (Å²) in [6.45, 7) is 7.64. The normalized spacial score (nSPS) is 16.8. The summed E-state index contributed by atoms with van der Waals surface area (Å²) >= 11 is 0. The first kappa shape index (κ1) is 14.4. The lowest BCUT2D eigenvalue weighted by Crippen LogP contribution is -2.32. The quantitative estimate of drug-likeness (QED) is 0.792. The number of fused-ring (bicyclic) bond motifs is 1. The fourth-order valence-corrected chi connectivity index (χ4v) is 2.91. The summed E-state index contributed by atoms with van der Waals surface area (Å²) in [6.07, 6.45) is 5.92.